The number of carboxylic acid groups (broad SMARTS) is 1. The molecule has 10 heteroatoms. The van der Waals surface area contributed by atoms with Crippen molar-refractivity contribution in [1.82, 2.24) is 0 Å². The number of nitro benzene ring substituents is 1. The molecule has 3 aromatic rings. The Hall–Kier alpha value is -4.18. The first-order chi connectivity index (χ1) is 15.7. The number of furan rings is 1. The van der Waals surface area contributed by atoms with Gasteiger partial charge < -0.3 is 9.52 Å². The lowest BCUT2D eigenvalue weighted by Gasteiger charge is -2.12. The number of rotatable bonds is 5. The number of benzene rings is 2. The lowest BCUT2D eigenvalue weighted by Crippen LogP contribution is -2.27. The molecule has 2 aromatic carbocycles. The van der Waals surface area contributed by atoms with Crippen LogP contribution < -0.4 is 4.90 Å². The number of carbonyl (C=O) groups is 3. The summed E-state index contributed by atoms with van der Waals surface area (Å²) in [6.45, 7) is 3.62. The number of hydrogen-bond acceptors (Lipinski definition) is 7. The second kappa shape index (κ2) is 8.40. The molecule has 4 rings (SSSR count). The smallest absolute Gasteiger partial charge is 0.335 e. The number of thioether (sulfide) groups is 1. The summed E-state index contributed by atoms with van der Waals surface area (Å²) < 4.78 is 5.74. The third-order valence-electron chi connectivity index (χ3n) is 5.14. The van der Waals surface area contributed by atoms with Crippen LogP contribution in [0.1, 0.15) is 27.2 Å². The second-order valence-corrected chi connectivity index (χ2v) is 8.28. The van der Waals surface area contributed by atoms with Crippen molar-refractivity contribution in [3.63, 3.8) is 0 Å². The number of amides is 2. The van der Waals surface area contributed by atoms with Crippen LogP contribution in [0.5, 0.6) is 0 Å². The van der Waals surface area contributed by atoms with Crippen molar-refractivity contribution < 1.29 is 28.8 Å². The van der Waals surface area contributed by atoms with Crippen LogP contribution in [0.2, 0.25) is 0 Å². The molecule has 33 heavy (non-hydrogen) atoms. The minimum atomic E-state index is -1.12. The molecular formula is C23H16N2O7S. The summed E-state index contributed by atoms with van der Waals surface area (Å²) in [6, 6.07) is 11.7. The molecule has 0 atom stereocenters. The highest BCUT2D eigenvalue weighted by molar-refractivity contribution is 8.19. The maximum absolute atomic E-state index is 12.8. The van der Waals surface area contributed by atoms with Gasteiger partial charge >= 0.3 is 5.97 Å². The van der Waals surface area contributed by atoms with E-state index in [4.69, 9.17) is 9.52 Å². The summed E-state index contributed by atoms with van der Waals surface area (Å²) in [5, 5.41) is 19.9. The fraction of sp³-hybridized carbons (Fsp3) is 0.0870. The van der Waals surface area contributed by atoms with Crippen LogP contribution in [-0.2, 0) is 4.79 Å². The molecule has 0 saturated carbocycles. The zero-order chi connectivity index (χ0) is 23.9. The van der Waals surface area contributed by atoms with Gasteiger partial charge in [0, 0.05) is 12.1 Å². The highest BCUT2D eigenvalue weighted by Gasteiger charge is 2.36. The van der Waals surface area contributed by atoms with Crippen molar-refractivity contribution in [3.8, 4) is 11.3 Å². The van der Waals surface area contributed by atoms with Crippen LogP contribution >= 0.6 is 11.8 Å². The number of aromatic carboxylic acids is 1. The molecule has 0 unspecified atom stereocenters. The Labute approximate surface area is 191 Å². The molecule has 1 saturated heterocycles. The van der Waals surface area contributed by atoms with E-state index in [0.717, 1.165) is 16.0 Å². The van der Waals surface area contributed by atoms with E-state index in [2.05, 4.69) is 0 Å². The van der Waals surface area contributed by atoms with Crippen molar-refractivity contribution in [2.24, 2.45) is 0 Å². The Morgan fingerprint density at radius 3 is 2.39 bits per heavy atom. The van der Waals surface area contributed by atoms with Crippen LogP contribution in [-0.4, -0.2) is 27.1 Å². The average molecular weight is 464 g/mol. The van der Waals surface area contributed by atoms with Gasteiger partial charge in [0.2, 0.25) is 0 Å². The largest absolute Gasteiger partial charge is 0.478 e. The van der Waals surface area contributed by atoms with Gasteiger partial charge in [0.05, 0.1) is 26.6 Å². The van der Waals surface area contributed by atoms with Crippen molar-refractivity contribution in [3.05, 3.63) is 86.0 Å². The summed E-state index contributed by atoms with van der Waals surface area (Å²) in [5.74, 6) is -1.18. The lowest BCUT2D eigenvalue weighted by molar-refractivity contribution is -0.384. The first-order valence-corrected chi connectivity index (χ1v) is 10.4. The molecule has 0 bridgehead atoms. The van der Waals surface area contributed by atoms with Gasteiger partial charge in [-0.2, -0.15) is 0 Å². The maximum Gasteiger partial charge on any atom is 0.335 e. The summed E-state index contributed by atoms with van der Waals surface area (Å²) in [5.41, 5.74) is 2.14. The van der Waals surface area contributed by atoms with E-state index in [9.17, 15) is 24.5 Å². The molecule has 166 valence electrons. The summed E-state index contributed by atoms with van der Waals surface area (Å²) in [7, 11) is 0. The zero-order valence-electron chi connectivity index (χ0n) is 17.4. The van der Waals surface area contributed by atoms with Crippen molar-refractivity contribution in [1.29, 1.82) is 0 Å². The summed E-state index contributed by atoms with van der Waals surface area (Å²) in [6.07, 6.45) is 1.40. The van der Waals surface area contributed by atoms with Crippen LogP contribution in [0.4, 0.5) is 16.2 Å². The number of aryl methyl sites for hydroxylation is 2. The molecular weight excluding hydrogens is 448 g/mol. The standard InChI is InChI=1S/C23H16N2O7S/c1-12-9-17(18(25(30)31)10-13(12)2)19-8-7-16(32-19)11-20-21(26)24(23(29)33-20)15-5-3-14(4-6-15)22(27)28/h3-11H,1-2H3,(H,27,28)/b20-11+. The van der Waals surface area contributed by atoms with Crippen LogP contribution in [0.25, 0.3) is 17.4 Å². The van der Waals surface area contributed by atoms with Gasteiger partial charge in [-0.05, 0) is 79.2 Å². The first-order valence-electron chi connectivity index (χ1n) is 9.63. The molecule has 2 amide bonds. The van der Waals surface area contributed by atoms with E-state index in [0.29, 0.717) is 17.3 Å². The highest BCUT2D eigenvalue weighted by atomic mass is 32.2. The molecule has 1 aliphatic rings. The second-order valence-electron chi connectivity index (χ2n) is 7.28. The number of carbonyl (C=O) groups excluding carboxylic acids is 2. The van der Waals surface area contributed by atoms with E-state index in [1.165, 1.54) is 36.4 Å². The van der Waals surface area contributed by atoms with Gasteiger partial charge in [-0.3, -0.25) is 19.7 Å². The number of imide groups is 1. The molecule has 0 aliphatic carbocycles. The molecule has 1 aliphatic heterocycles. The van der Waals surface area contributed by atoms with E-state index in [1.54, 1.807) is 25.1 Å². The molecule has 9 nitrogen and oxygen atoms in total. The Balaban J connectivity index is 1.63. The van der Waals surface area contributed by atoms with Crippen LogP contribution in [0.15, 0.2) is 57.9 Å². The molecule has 0 radical (unpaired) electrons. The van der Waals surface area contributed by atoms with Crippen LogP contribution in [0, 0.1) is 24.0 Å². The summed E-state index contributed by atoms with van der Waals surface area (Å²) >= 11 is 0.713. The Kier molecular flexibility index (Phi) is 5.60. The molecule has 1 N–H and O–H groups in total. The lowest BCUT2D eigenvalue weighted by atomic mass is 10.0. The van der Waals surface area contributed by atoms with Gasteiger partial charge in [0.25, 0.3) is 16.8 Å². The SMILES string of the molecule is Cc1cc(-c2ccc(/C=C3/SC(=O)N(c4ccc(C(=O)O)cc4)C3=O)o2)c([N+](=O)[O-])cc1C. The predicted octanol–water partition coefficient (Wildman–Crippen LogP) is 5.41. The normalized spacial score (nSPS) is 14.8. The number of anilines is 1. The van der Waals surface area contributed by atoms with Crippen LogP contribution in [0.3, 0.4) is 0 Å². The third kappa shape index (κ3) is 4.15. The van der Waals surface area contributed by atoms with E-state index < -0.39 is 22.0 Å². The van der Waals surface area contributed by atoms with Crippen molar-refractivity contribution in [2.45, 2.75) is 13.8 Å². The molecule has 1 aromatic heterocycles. The Morgan fingerprint density at radius 2 is 1.76 bits per heavy atom. The maximum atomic E-state index is 12.8. The Bertz CT molecular complexity index is 1360. The monoisotopic (exact) mass is 464 g/mol. The zero-order valence-corrected chi connectivity index (χ0v) is 18.2. The van der Waals surface area contributed by atoms with Gasteiger partial charge in [-0.15, -0.1) is 0 Å². The van der Waals surface area contributed by atoms with Crippen molar-refractivity contribution >= 4 is 46.3 Å². The van der Waals surface area contributed by atoms with Crippen molar-refractivity contribution in [2.75, 3.05) is 4.90 Å². The van der Waals surface area contributed by atoms with Gasteiger partial charge in [-0.25, -0.2) is 9.69 Å². The van der Waals surface area contributed by atoms with Gasteiger partial charge in [-0.1, -0.05) is 0 Å². The van der Waals surface area contributed by atoms with Gasteiger partial charge in [0.1, 0.15) is 11.5 Å². The fourth-order valence-electron chi connectivity index (χ4n) is 3.30. The number of nitrogens with zero attached hydrogens (tertiary/aromatic N) is 2. The average Bonchev–Trinajstić information content (AvgIpc) is 3.34. The third-order valence-corrected chi connectivity index (χ3v) is 6.01. The molecule has 0 spiro atoms. The number of nitro groups is 1. The topological polar surface area (TPSA) is 131 Å². The minimum Gasteiger partial charge on any atom is -0.478 e. The number of carboxylic acids is 1. The minimum absolute atomic E-state index is 0.0322. The first kappa shape index (κ1) is 22.0. The number of hydrogen-bond donors (Lipinski definition) is 1. The molecule has 1 fully saturated rings. The summed E-state index contributed by atoms with van der Waals surface area (Å²) in [4.78, 5) is 48.3. The highest BCUT2D eigenvalue weighted by Crippen LogP contribution is 2.38. The van der Waals surface area contributed by atoms with E-state index in [-0.39, 0.29) is 33.4 Å². The quantitative estimate of drug-likeness (QED) is 0.301. The van der Waals surface area contributed by atoms with E-state index >= 15 is 0 Å². The Morgan fingerprint density at radius 1 is 1.09 bits per heavy atom. The fourth-order valence-corrected chi connectivity index (χ4v) is 4.12. The molecule has 2 heterocycles. The van der Waals surface area contributed by atoms with Gasteiger partial charge in [0.15, 0.2) is 0 Å². The predicted molar refractivity (Wildman–Crippen MR) is 122 cm³/mol. The van der Waals surface area contributed by atoms with E-state index in [1.807, 2.05) is 6.92 Å².